The van der Waals surface area contributed by atoms with Gasteiger partial charge in [-0.3, -0.25) is 0 Å². The van der Waals surface area contributed by atoms with Crippen LogP contribution in [0.1, 0.15) is 70.1 Å². The van der Waals surface area contributed by atoms with Gasteiger partial charge in [-0.25, -0.2) is 0 Å². The minimum absolute atomic E-state index is 0.0128. The van der Waals surface area contributed by atoms with Gasteiger partial charge in [0, 0.05) is 11.0 Å². The Morgan fingerprint density at radius 3 is 2.42 bits per heavy atom. The van der Waals surface area contributed by atoms with E-state index in [-0.39, 0.29) is 22.3 Å². The van der Waals surface area contributed by atoms with E-state index in [9.17, 15) is 10.2 Å². The lowest BCUT2D eigenvalue weighted by Gasteiger charge is -2.62. The first-order chi connectivity index (χ1) is 11.1. The third kappa shape index (κ3) is 1.87. The number of phenols is 1. The first-order valence-corrected chi connectivity index (χ1v) is 9.62. The first kappa shape index (κ1) is 16.4. The van der Waals surface area contributed by atoms with Gasteiger partial charge in [0.05, 0.1) is 6.10 Å². The number of fused-ring (bicyclic) bond motifs is 5. The number of rotatable bonds is 0. The molecule has 0 amide bonds. The number of hydrogen-bond donors (Lipinski definition) is 2. The van der Waals surface area contributed by atoms with Crippen LogP contribution in [0.25, 0.3) is 0 Å². The molecule has 0 spiro atoms. The highest BCUT2D eigenvalue weighted by Gasteiger charge is 2.63. The summed E-state index contributed by atoms with van der Waals surface area (Å²) in [7, 11) is 0. The normalized spacial score (nSPS) is 43.0. The van der Waals surface area contributed by atoms with Crippen molar-refractivity contribution in [3.8, 4) is 5.75 Å². The summed E-state index contributed by atoms with van der Waals surface area (Å²) < 4.78 is 0. The second-order valence-electron chi connectivity index (χ2n) is 9.97. The fraction of sp³-hybridized carbons (Fsp3) is 0.727. The maximum atomic E-state index is 10.7. The van der Waals surface area contributed by atoms with E-state index in [1.807, 2.05) is 6.07 Å². The van der Waals surface area contributed by atoms with Crippen LogP contribution in [-0.2, 0) is 11.8 Å². The maximum Gasteiger partial charge on any atom is 0.119 e. The Morgan fingerprint density at radius 2 is 1.71 bits per heavy atom. The Balaban J connectivity index is 1.83. The topological polar surface area (TPSA) is 40.5 Å². The quantitative estimate of drug-likeness (QED) is 0.723. The summed E-state index contributed by atoms with van der Waals surface area (Å²) >= 11 is 0. The molecule has 2 saturated carbocycles. The number of phenolic OH excluding ortho intramolecular Hbond substituents is 1. The lowest BCUT2D eigenvalue weighted by Crippen LogP contribution is -2.58. The minimum atomic E-state index is -0.181. The Bertz CT molecular complexity index is 691. The Morgan fingerprint density at radius 1 is 1.00 bits per heavy atom. The van der Waals surface area contributed by atoms with Crippen molar-refractivity contribution in [3.63, 3.8) is 0 Å². The highest BCUT2D eigenvalue weighted by atomic mass is 16.3. The van der Waals surface area contributed by atoms with E-state index in [1.165, 1.54) is 11.1 Å². The van der Waals surface area contributed by atoms with Gasteiger partial charge in [-0.1, -0.05) is 33.8 Å². The van der Waals surface area contributed by atoms with Crippen molar-refractivity contribution in [3.05, 3.63) is 28.8 Å². The maximum absolute atomic E-state index is 10.7. The number of aliphatic hydroxyl groups excluding tert-OH is 1. The van der Waals surface area contributed by atoms with E-state index in [1.54, 1.807) is 0 Å². The van der Waals surface area contributed by atoms with Crippen LogP contribution in [-0.4, -0.2) is 16.3 Å². The number of aromatic hydroxyl groups is 1. The van der Waals surface area contributed by atoms with Gasteiger partial charge in [-0.15, -0.1) is 0 Å². The fourth-order valence-electron chi connectivity index (χ4n) is 7.18. The number of hydrogen-bond acceptors (Lipinski definition) is 2. The van der Waals surface area contributed by atoms with Crippen LogP contribution in [0.5, 0.6) is 5.75 Å². The summed E-state index contributed by atoms with van der Waals surface area (Å²) in [4.78, 5) is 0. The molecule has 3 aliphatic carbocycles. The zero-order valence-corrected chi connectivity index (χ0v) is 15.8. The molecule has 0 heterocycles. The highest BCUT2D eigenvalue weighted by Crippen LogP contribution is 2.68. The molecule has 0 aliphatic heterocycles. The molecule has 2 nitrogen and oxygen atoms in total. The van der Waals surface area contributed by atoms with Crippen LogP contribution in [0.4, 0.5) is 0 Å². The van der Waals surface area contributed by atoms with Crippen molar-refractivity contribution in [2.75, 3.05) is 0 Å². The van der Waals surface area contributed by atoms with E-state index < -0.39 is 0 Å². The van der Waals surface area contributed by atoms with Crippen LogP contribution in [0, 0.1) is 29.6 Å². The average molecular weight is 328 g/mol. The second kappa shape index (κ2) is 4.78. The third-order valence-electron chi connectivity index (χ3n) is 8.37. The molecule has 3 aliphatic rings. The summed E-state index contributed by atoms with van der Waals surface area (Å²) in [6.07, 6.45) is 5.20. The van der Waals surface area contributed by atoms with Crippen LogP contribution in [0.15, 0.2) is 12.1 Å². The molecular weight excluding hydrogens is 296 g/mol. The molecule has 132 valence electrons. The predicted octanol–water partition coefficient (Wildman–Crippen LogP) is 4.73. The molecule has 1 aromatic carbocycles. The molecule has 0 radical (unpaired) electrons. The summed E-state index contributed by atoms with van der Waals surface area (Å²) in [6.45, 7) is 11.5. The van der Waals surface area contributed by atoms with Crippen molar-refractivity contribution >= 4 is 0 Å². The molecule has 0 saturated heterocycles. The molecule has 24 heavy (non-hydrogen) atoms. The molecule has 1 aromatic rings. The first-order valence-electron chi connectivity index (χ1n) is 9.62. The standard InChI is InChI=1S/C22H32O2/c1-13-10-14-12-17-21(4)9-7-18(24)20(2,3)16(21)6-8-22(17,5)19(14)15(23)11-13/h10-11,16-18,23-24H,6-9,12H2,1-5H3/t16-,17+,18-,21-,22+/m0/s1. The van der Waals surface area contributed by atoms with Gasteiger partial charge < -0.3 is 10.2 Å². The van der Waals surface area contributed by atoms with Crippen LogP contribution in [0.2, 0.25) is 0 Å². The fourth-order valence-corrected chi connectivity index (χ4v) is 7.18. The SMILES string of the molecule is Cc1cc(O)c2c(c1)C[C@@H]1[C@@]3(C)CC[C@H](O)C(C)(C)[C@@H]3CC[C@@]21C. The number of benzene rings is 1. The van der Waals surface area contributed by atoms with Gasteiger partial charge in [-0.2, -0.15) is 0 Å². The summed E-state index contributed by atoms with van der Waals surface area (Å²) in [6, 6.07) is 4.23. The van der Waals surface area contributed by atoms with Gasteiger partial charge in [0.25, 0.3) is 0 Å². The van der Waals surface area contributed by atoms with Gasteiger partial charge in [0.1, 0.15) is 5.75 Å². The van der Waals surface area contributed by atoms with Crippen molar-refractivity contribution in [1.82, 2.24) is 0 Å². The van der Waals surface area contributed by atoms with E-state index >= 15 is 0 Å². The van der Waals surface area contributed by atoms with Crippen molar-refractivity contribution in [2.24, 2.45) is 22.7 Å². The third-order valence-corrected chi connectivity index (χ3v) is 8.37. The van der Waals surface area contributed by atoms with E-state index in [2.05, 4.69) is 40.7 Å². The molecule has 4 rings (SSSR count). The number of aliphatic hydroxyl groups is 1. The van der Waals surface area contributed by atoms with Crippen LogP contribution >= 0.6 is 0 Å². The minimum Gasteiger partial charge on any atom is -0.508 e. The molecular formula is C22H32O2. The van der Waals surface area contributed by atoms with Crippen LogP contribution in [0.3, 0.4) is 0 Å². The molecule has 0 unspecified atom stereocenters. The molecule has 2 N–H and O–H groups in total. The monoisotopic (exact) mass is 328 g/mol. The van der Waals surface area contributed by atoms with E-state index in [0.29, 0.717) is 17.6 Å². The molecule has 5 atom stereocenters. The summed E-state index contributed by atoms with van der Waals surface area (Å²) in [5.74, 6) is 1.63. The van der Waals surface area contributed by atoms with Crippen molar-refractivity contribution in [2.45, 2.75) is 78.2 Å². The van der Waals surface area contributed by atoms with Gasteiger partial charge in [-0.05, 0) is 78.9 Å². The van der Waals surface area contributed by atoms with Crippen LogP contribution < -0.4 is 0 Å². The largest absolute Gasteiger partial charge is 0.508 e. The Labute approximate surface area is 146 Å². The summed E-state index contributed by atoms with van der Waals surface area (Å²) in [5.41, 5.74) is 4.06. The van der Waals surface area contributed by atoms with Crippen molar-refractivity contribution in [1.29, 1.82) is 0 Å². The average Bonchev–Trinajstić information content (AvgIpc) is 2.77. The Hall–Kier alpha value is -1.02. The lowest BCUT2D eigenvalue weighted by molar-refractivity contribution is -0.151. The van der Waals surface area contributed by atoms with Gasteiger partial charge >= 0.3 is 0 Å². The van der Waals surface area contributed by atoms with E-state index in [4.69, 9.17) is 0 Å². The number of aryl methyl sites for hydroxylation is 1. The zero-order valence-electron chi connectivity index (χ0n) is 15.8. The predicted molar refractivity (Wildman–Crippen MR) is 97.2 cm³/mol. The summed E-state index contributed by atoms with van der Waals surface area (Å²) in [5, 5.41) is 21.3. The Kier molecular flexibility index (Phi) is 3.28. The zero-order chi connectivity index (χ0) is 17.5. The molecule has 2 fully saturated rings. The van der Waals surface area contributed by atoms with E-state index in [0.717, 1.165) is 37.7 Å². The van der Waals surface area contributed by atoms with Gasteiger partial charge in [0.2, 0.25) is 0 Å². The second-order valence-corrected chi connectivity index (χ2v) is 9.97. The molecule has 0 aromatic heterocycles. The highest BCUT2D eigenvalue weighted by molar-refractivity contribution is 5.52. The van der Waals surface area contributed by atoms with Crippen molar-refractivity contribution < 1.29 is 10.2 Å². The molecule has 2 heteroatoms. The van der Waals surface area contributed by atoms with Gasteiger partial charge in [0.15, 0.2) is 0 Å². The lowest BCUT2D eigenvalue weighted by atomic mass is 9.43. The molecule has 0 bridgehead atoms. The smallest absolute Gasteiger partial charge is 0.119 e.